The first-order chi connectivity index (χ1) is 15.3. The number of hydrogen-bond acceptors (Lipinski definition) is 8. The van der Waals surface area contributed by atoms with Gasteiger partial charge in [0.05, 0.1) is 44.5 Å². The maximum absolute atomic E-state index is 10.6. The van der Waals surface area contributed by atoms with Gasteiger partial charge in [0.2, 0.25) is 0 Å². The number of aromatic nitrogens is 5. The van der Waals surface area contributed by atoms with Gasteiger partial charge in [-0.2, -0.15) is 5.10 Å². The number of aryl methyl sites for hydroxylation is 1. The third kappa shape index (κ3) is 4.62. The highest BCUT2D eigenvalue weighted by Crippen LogP contribution is 2.33. The Morgan fingerprint density at radius 1 is 1.03 bits per heavy atom. The van der Waals surface area contributed by atoms with Crippen molar-refractivity contribution in [2.75, 3.05) is 25.7 Å². The zero-order chi connectivity index (χ0) is 22.9. The fourth-order valence-corrected chi connectivity index (χ4v) is 3.37. The van der Waals surface area contributed by atoms with Crippen LogP contribution >= 0.6 is 0 Å². The minimum Gasteiger partial charge on any atom is -0.497 e. The van der Waals surface area contributed by atoms with E-state index < -0.39 is 5.60 Å². The van der Waals surface area contributed by atoms with Crippen molar-refractivity contribution in [1.82, 2.24) is 24.7 Å². The Morgan fingerprint density at radius 2 is 1.75 bits per heavy atom. The zero-order valence-electron chi connectivity index (χ0n) is 18.8. The van der Waals surface area contributed by atoms with Crippen molar-refractivity contribution in [2.24, 2.45) is 7.05 Å². The number of anilines is 2. The van der Waals surface area contributed by atoms with Gasteiger partial charge in [0, 0.05) is 42.7 Å². The molecule has 0 radical (unpaired) electrons. The largest absolute Gasteiger partial charge is 0.497 e. The van der Waals surface area contributed by atoms with Crippen LogP contribution < -0.4 is 14.4 Å². The van der Waals surface area contributed by atoms with E-state index in [1.165, 1.54) is 0 Å². The van der Waals surface area contributed by atoms with E-state index in [9.17, 15) is 5.11 Å². The molecule has 3 aromatic heterocycles. The monoisotopic (exact) mass is 434 g/mol. The molecular formula is C23H26N6O3. The van der Waals surface area contributed by atoms with Crippen molar-refractivity contribution in [3.05, 3.63) is 48.9 Å². The van der Waals surface area contributed by atoms with Crippen LogP contribution in [0, 0.1) is 0 Å². The lowest BCUT2D eigenvalue weighted by Gasteiger charge is -2.30. The third-order valence-electron chi connectivity index (χ3n) is 4.86. The number of benzene rings is 1. The lowest BCUT2D eigenvalue weighted by Crippen LogP contribution is -2.36. The van der Waals surface area contributed by atoms with Crippen molar-refractivity contribution >= 4 is 22.7 Å². The molecule has 0 fully saturated rings. The molecule has 166 valence electrons. The molecule has 4 rings (SSSR count). The van der Waals surface area contributed by atoms with E-state index in [1.54, 1.807) is 51.2 Å². The summed E-state index contributed by atoms with van der Waals surface area (Å²) < 4.78 is 12.6. The predicted octanol–water partition coefficient (Wildman–Crippen LogP) is 3.35. The first-order valence-electron chi connectivity index (χ1n) is 10.1. The number of nitrogens with zero attached hydrogens (tertiary/aromatic N) is 6. The molecule has 9 nitrogen and oxygen atoms in total. The summed E-state index contributed by atoms with van der Waals surface area (Å²) in [5.74, 6) is 1.90. The highest BCUT2D eigenvalue weighted by molar-refractivity contribution is 5.77. The second-order valence-electron chi connectivity index (χ2n) is 8.14. The molecule has 0 saturated carbocycles. The molecular weight excluding hydrogens is 408 g/mol. The number of pyridine rings is 1. The van der Waals surface area contributed by atoms with Crippen LogP contribution in [-0.4, -0.2) is 56.2 Å². The van der Waals surface area contributed by atoms with Crippen LogP contribution in [0.3, 0.4) is 0 Å². The van der Waals surface area contributed by atoms with Crippen molar-refractivity contribution in [3.8, 4) is 22.8 Å². The van der Waals surface area contributed by atoms with Crippen LogP contribution in [0.25, 0.3) is 22.4 Å². The van der Waals surface area contributed by atoms with Gasteiger partial charge in [-0.3, -0.25) is 9.67 Å². The molecule has 4 aromatic rings. The quantitative estimate of drug-likeness (QED) is 0.473. The molecule has 0 unspecified atom stereocenters. The molecule has 0 amide bonds. The number of fused-ring (bicyclic) bond motifs is 1. The minimum absolute atomic E-state index is 0.289. The van der Waals surface area contributed by atoms with E-state index in [1.807, 2.05) is 42.4 Å². The first kappa shape index (κ1) is 21.5. The summed E-state index contributed by atoms with van der Waals surface area (Å²) in [7, 11) is 5.05. The standard InChI is InChI=1S/C23H26N6O3/c1-23(2,30)14-29(16-8-17(31-4)10-18(9-16)32-5)21-7-6-19-22(27-21)26-20(12-24-19)15-11-25-28(3)13-15/h6-13,30H,14H2,1-5H3. The van der Waals surface area contributed by atoms with E-state index in [0.717, 1.165) is 11.3 Å². The smallest absolute Gasteiger partial charge is 0.180 e. The van der Waals surface area contributed by atoms with Crippen LogP contribution in [0.5, 0.6) is 11.5 Å². The Hall–Kier alpha value is -3.72. The molecule has 32 heavy (non-hydrogen) atoms. The molecule has 1 aromatic carbocycles. The minimum atomic E-state index is -0.990. The van der Waals surface area contributed by atoms with E-state index in [4.69, 9.17) is 19.4 Å². The van der Waals surface area contributed by atoms with Crippen molar-refractivity contribution in [2.45, 2.75) is 19.4 Å². The van der Waals surface area contributed by atoms with Gasteiger partial charge in [-0.15, -0.1) is 0 Å². The Bertz CT molecular complexity index is 1230. The lowest BCUT2D eigenvalue weighted by molar-refractivity contribution is 0.0896. The van der Waals surface area contributed by atoms with Crippen LogP contribution in [0.2, 0.25) is 0 Å². The maximum atomic E-state index is 10.6. The summed E-state index contributed by atoms with van der Waals surface area (Å²) >= 11 is 0. The number of aliphatic hydroxyl groups is 1. The molecule has 3 heterocycles. The second kappa shape index (κ2) is 8.43. The van der Waals surface area contributed by atoms with Crippen LogP contribution in [0.15, 0.2) is 48.9 Å². The summed E-state index contributed by atoms with van der Waals surface area (Å²) in [6.45, 7) is 3.79. The molecule has 0 saturated heterocycles. The topological polar surface area (TPSA) is 98.4 Å². The fourth-order valence-electron chi connectivity index (χ4n) is 3.37. The molecule has 0 aliphatic rings. The Morgan fingerprint density at radius 3 is 2.34 bits per heavy atom. The van der Waals surface area contributed by atoms with Gasteiger partial charge in [-0.05, 0) is 26.0 Å². The van der Waals surface area contributed by atoms with E-state index in [2.05, 4.69) is 10.1 Å². The zero-order valence-corrected chi connectivity index (χ0v) is 18.8. The third-order valence-corrected chi connectivity index (χ3v) is 4.86. The van der Waals surface area contributed by atoms with Gasteiger partial charge < -0.3 is 19.5 Å². The van der Waals surface area contributed by atoms with E-state index in [-0.39, 0.29) is 6.54 Å². The fraction of sp³-hybridized carbons (Fsp3) is 0.304. The normalized spacial score (nSPS) is 11.6. The Kier molecular flexibility index (Phi) is 5.67. The summed E-state index contributed by atoms with van der Waals surface area (Å²) in [6.07, 6.45) is 5.33. The molecule has 0 atom stereocenters. The second-order valence-corrected chi connectivity index (χ2v) is 8.14. The molecule has 0 aliphatic heterocycles. The van der Waals surface area contributed by atoms with Crippen molar-refractivity contribution in [1.29, 1.82) is 0 Å². The Labute approximate surface area is 186 Å². The summed E-state index contributed by atoms with van der Waals surface area (Å²) in [5.41, 5.74) is 2.50. The predicted molar refractivity (Wildman–Crippen MR) is 122 cm³/mol. The summed E-state index contributed by atoms with van der Waals surface area (Å²) in [4.78, 5) is 15.9. The number of rotatable bonds is 7. The van der Waals surface area contributed by atoms with Gasteiger partial charge in [0.25, 0.3) is 0 Å². The first-order valence-corrected chi connectivity index (χ1v) is 10.1. The van der Waals surface area contributed by atoms with Crippen LogP contribution in [0.1, 0.15) is 13.8 Å². The number of hydrogen-bond donors (Lipinski definition) is 1. The SMILES string of the molecule is COc1cc(OC)cc(N(CC(C)(C)O)c2ccc3ncc(-c4cnn(C)c4)nc3n2)c1. The van der Waals surface area contributed by atoms with E-state index >= 15 is 0 Å². The van der Waals surface area contributed by atoms with Crippen molar-refractivity contribution < 1.29 is 14.6 Å². The van der Waals surface area contributed by atoms with Gasteiger partial charge >= 0.3 is 0 Å². The molecule has 0 aliphatic carbocycles. The highest BCUT2D eigenvalue weighted by atomic mass is 16.5. The average Bonchev–Trinajstić information content (AvgIpc) is 3.22. The van der Waals surface area contributed by atoms with Crippen molar-refractivity contribution in [3.63, 3.8) is 0 Å². The lowest BCUT2D eigenvalue weighted by atomic mass is 10.1. The van der Waals surface area contributed by atoms with Gasteiger partial charge in [0.1, 0.15) is 22.8 Å². The molecule has 0 bridgehead atoms. The van der Waals surface area contributed by atoms with E-state index in [0.29, 0.717) is 34.2 Å². The number of methoxy groups -OCH3 is 2. The molecule has 1 N–H and O–H groups in total. The Balaban J connectivity index is 1.82. The van der Waals surface area contributed by atoms with Gasteiger partial charge in [0.15, 0.2) is 5.65 Å². The highest BCUT2D eigenvalue weighted by Gasteiger charge is 2.23. The number of ether oxygens (including phenoxy) is 2. The van der Waals surface area contributed by atoms with Crippen LogP contribution in [-0.2, 0) is 7.05 Å². The van der Waals surface area contributed by atoms with Gasteiger partial charge in [-0.1, -0.05) is 0 Å². The summed E-state index contributed by atoms with van der Waals surface area (Å²) in [5, 5.41) is 14.8. The van der Waals surface area contributed by atoms with Crippen LogP contribution in [0.4, 0.5) is 11.5 Å². The molecule has 0 spiro atoms. The maximum Gasteiger partial charge on any atom is 0.180 e. The molecule has 9 heteroatoms. The average molecular weight is 435 g/mol. The van der Waals surface area contributed by atoms with Gasteiger partial charge in [-0.25, -0.2) is 9.97 Å². The summed E-state index contributed by atoms with van der Waals surface area (Å²) in [6, 6.07) is 9.27.